The summed E-state index contributed by atoms with van der Waals surface area (Å²) in [6.45, 7) is 1.70. The first-order valence-electron chi connectivity index (χ1n) is 7.42. The molecule has 1 aliphatic rings. The standard InChI is InChI=1S/C16H15F4N3O/c17-13-6-10(7-23-15(13)14-9-21-3-4-24-14)5-12-2-1-11(8-22-12)16(18,19)20/h1-2,6-8,14,21H,3-5,9H2. The van der Waals surface area contributed by atoms with E-state index >= 15 is 0 Å². The van der Waals surface area contributed by atoms with Gasteiger partial charge in [0.2, 0.25) is 0 Å². The van der Waals surface area contributed by atoms with Gasteiger partial charge < -0.3 is 10.1 Å². The van der Waals surface area contributed by atoms with Crippen LogP contribution in [0.3, 0.4) is 0 Å². The van der Waals surface area contributed by atoms with Crippen LogP contribution in [0.15, 0.2) is 30.6 Å². The fraction of sp³-hybridized carbons (Fsp3) is 0.375. The molecule has 3 heterocycles. The second-order valence-corrected chi connectivity index (χ2v) is 5.49. The Morgan fingerprint density at radius 2 is 2.04 bits per heavy atom. The van der Waals surface area contributed by atoms with E-state index in [4.69, 9.17) is 4.74 Å². The zero-order valence-corrected chi connectivity index (χ0v) is 12.6. The summed E-state index contributed by atoms with van der Waals surface area (Å²) in [5.41, 5.74) is 0.360. The smallest absolute Gasteiger partial charge is 0.369 e. The number of ether oxygens (including phenoxy) is 1. The third-order valence-electron chi connectivity index (χ3n) is 3.70. The van der Waals surface area contributed by atoms with E-state index in [1.165, 1.54) is 18.3 Å². The van der Waals surface area contributed by atoms with Crippen molar-refractivity contribution in [1.29, 1.82) is 0 Å². The molecule has 4 nitrogen and oxygen atoms in total. The molecule has 0 saturated carbocycles. The van der Waals surface area contributed by atoms with Crippen molar-refractivity contribution in [1.82, 2.24) is 15.3 Å². The van der Waals surface area contributed by atoms with Crippen LogP contribution in [0.4, 0.5) is 17.6 Å². The minimum absolute atomic E-state index is 0.201. The van der Waals surface area contributed by atoms with Crippen molar-refractivity contribution in [2.75, 3.05) is 19.7 Å². The molecule has 1 atom stereocenters. The molecule has 0 aliphatic carbocycles. The summed E-state index contributed by atoms with van der Waals surface area (Å²) in [6, 6.07) is 3.56. The maximum absolute atomic E-state index is 14.2. The highest BCUT2D eigenvalue weighted by Crippen LogP contribution is 2.28. The van der Waals surface area contributed by atoms with Crippen LogP contribution in [-0.2, 0) is 17.3 Å². The Morgan fingerprint density at radius 1 is 1.21 bits per heavy atom. The minimum Gasteiger partial charge on any atom is -0.369 e. The molecule has 0 radical (unpaired) electrons. The Bertz CT molecular complexity index is 697. The van der Waals surface area contributed by atoms with Crippen molar-refractivity contribution in [2.45, 2.75) is 18.7 Å². The van der Waals surface area contributed by atoms with Crippen molar-refractivity contribution in [3.05, 3.63) is 58.9 Å². The molecule has 1 N–H and O–H groups in total. The van der Waals surface area contributed by atoms with Crippen LogP contribution in [0, 0.1) is 5.82 Å². The Balaban J connectivity index is 1.72. The average Bonchev–Trinajstić information content (AvgIpc) is 2.55. The van der Waals surface area contributed by atoms with Gasteiger partial charge in [0.05, 0.1) is 12.2 Å². The summed E-state index contributed by atoms with van der Waals surface area (Å²) >= 11 is 0. The van der Waals surface area contributed by atoms with Crippen LogP contribution in [0.1, 0.15) is 28.6 Å². The van der Waals surface area contributed by atoms with E-state index in [2.05, 4.69) is 15.3 Å². The fourth-order valence-corrected chi connectivity index (χ4v) is 2.47. The summed E-state index contributed by atoms with van der Waals surface area (Å²) in [5, 5.41) is 3.10. The average molecular weight is 341 g/mol. The van der Waals surface area contributed by atoms with Crippen molar-refractivity contribution >= 4 is 0 Å². The van der Waals surface area contributed by atoms with Crippen LogP contribution in [0.5, 0.6) is 0 Å². The topological polar surface area (TPSA) is 47.0 Å². The molecule has 3 rings (SSSR count). The zero-order valence-electron chi connectivity index (χ0n) is 12.6. The molecule has 0 bridgehead atoms. The molecule has 2 aromatic heterocycles. The first-order chi connectivity index (χ1) is 11.4. The molecule has 0 aromatic carbocycles. The van der Waals surface area contributed by atoms with Crippen LogP contribution >= 0.6 is 0 Å². The monoisotopic (exact) mass is 341 g/mol. The Hall–Kier alpha value is -2.06. The molecular weight excluding hydrogens is 326 g/mol. The number of nitrogens with one attached hydrogen (secondary N) is 1. The molecular formula is C16H15F4N3O. The van der Waals surface area contributed by atoms with Gasteiger partial charge in [-0.3, -0.25) is 9.97 Å². The van der Waals surface area contributed by atoms with Crippen LogP contribution in [0.25, 0.3) is 0 Å². The van der Waals surface area contributed by atoms with Crippen molar-refractivity contribution in [2.24, 2.45) is 0 Å². The van der Waals surface area contributed by atoms with Gasteiger partial charge in [-0.1, -0.05) is 0 Å². The maximum Gasteiger partial charge on any atom is 0.417 e. The van der Waals surface area contributed by atoms with Gasteiger partial charge in [0.25, 0.3) is 0 Å². The quantitative estimate of drug-likeness (QED) is 0.872. The number of halogens is 4. The molecule has 1 aliphatic heterocycles. The largest absolute Gasteiger partial charge is 0.417 e. The fourth-order valence-electron chi connectivity index (χ4n) is 2.47. The van der Waals surface area contributed by atoms with Gasteiger partial charge in [0.1, 0.15) is 17.6 Å². The summed E-state index contributed by atoms with van der Waals surface area (Å²) in [6.07, 6.45) is -2.39. The summed E-state index contributed by atoms with van der Waals surface area (Å²) in [4.78, 5) is 7.88. The highest BCUT2D eigenvalue weighted by molar-refractivity contribution is 5.25. The summed E-state index contributed by atoms with van der Waals surface area (Å²) < 4.78 is 57.2. The number of alkyl halides is 3. The van der Waals surface area contributed by atoms with Crippen LogP contribution in [0.2, 0.25) is 0 Å². The predicted octanol–water partition coefficient (Wildman–Crippen LogP) is 2.89. The molecule has 1 fully saturated rings. The zero-order chi connectivity index (χ0) is 17.2. The second-order valence-electron chi connectivity index (χ2n) is 5.49. The Kier molecular flexibility index (Phi) is 4.77. The van der Waals surface area contributed by atoms with Crippen LogP contribution < -0.4 is 5.32 Å². The van der Waals surface area contributed by atoms with Gasteiger partial charge in [-0.15, -0.1) is 0 Å². The molecule has 0 spiro atoms. The number of aromatic nitrogens is 2. The number of hydrogen-bond acceptors (Lipinski definition) is 4. The Labute approximate surface area is 135 Å². The van der Waals surface area contributed by atoms with E-state index < -0.39 is 23.7 Å². The van der Waals surface area contributed by atoms with Gasteiger partial charge in [-0.25, -0.2) is 4.39 Å². The first kappa shape index (κ1) is 16.8. The third kappa shape index (κ3) is 3.88. The van der Waals surface area contributed by atoms with Gasteiger partial charge >= 0.3 is 6.18 Å². The lowest BCUT2D eigenvalue weighted by atomic mass is 10.1. The predicted molar refractivity (Wildman–Crippen MR) is 77.8 cm³/mol. The first-order valence-corrected chi connectivity index (χ1v) is 7.42. The lowest BCUT2D eigenvalue weighted by Gasteiger charge is -2.23. The number of pyridine rings is 2. The molecule has 0 amide bonds. The van der Waals surface area contributed by atoms with E-state index in [0.717, 1.165) is 18.8 Å². The molecule has 8 heteroatoms. The van der Waals surface area contributed by atoms with Crippen molar-refractivity contribution < 1.29 is 22.3 Å². The van der Waals surface area contributed by atoms with Gasteiger partial charge in [0, 0.05) is 37.6 Å². The van der Waals surface area contributed by atoms with E-state index in [0.29, 0.717) is 24.4 Å². The molecule has 1 unspecified atom stereocenters. The number of hydrogen-bond donors (Lipinski definition) is 1. The second kappa shape index (κ2) is 6.82. The summed E-state index contributed by atoms with van der Waals surface area (Å²) in [5.74, 6) is -0.492. The number of rotatable bonds is 3. The molecule has 2 aromatic rings. The lowest BCUT2D eigenvalue weighted by Crippen LogP contribution is -2.34. The van der Waals surface area contributed by atoms with Gasteiger partial charge in [-0.2, -0.15) is 13.2 Å². The number of morpholine rings is 1. The van der Waals surface area contributed by atoms with Crippen molar-refractivity contribution in [3.63, 3.8) is 0 Å². The van der Waals surface area contributed by atoms with E-state index in [1.54, 1.807) is 0 Å². The van der Waals surface area contributed by atoms with E-state index in [-0.39, 0.29) is 12.1 Å². The molecule has 1 saturated heterocycles. The highest BCUT2D eigenvalue weighted by Gasteiger charge is 2.30. The lowest BCUT2D eigenvalue weighted by molar-refractivity contribution is -0.137. The van der Waals surface area contributed by atoms with Gasteiger partial charge in [-0.05, 0) is 23.8 Å². The minimum atomic E-state index is -4.42. The van der Waals surface area contributed by atoms with Crippen molar-refractivity contribution in [3.8, 4) is 0 Å². The highest BCUT2D eigenvalue weighted by atomic mass is 19.4. The molecule has 24 heavy (non-hydrogen) atoms. The SMILES string of the molecule is Fc1cc(Cc2ccc(C(F)(F)F)cn2)cnc1C1CNCCO1. The van der Waals surface area contributed by atoms with Crippen LogP contribution in [-0.4, -0.2) is 29.7 Å². The third-order valence-corrected chi connectivity index (χ3v) is 3.70. The maximum atomic E-state index is 14.2. The summed E-state index contributed by atoms with van der Waals surface area (Å²) in [7, 11) is 0. The van der Waals surface area contributed by atoms with Gasteiger partial charge in [0.15, 0.2) is 0 Å². The normalized spacial score (nSPS) is 18.6. The van der Waals surface area contributed by atoms with E-state index in [9.17, 15) is 17.6 Å². The molecule has 128 valence electrons. The number of nitrogens with zero attached hydrogens (tertiary/aromatic N) is 2. The Morgan fingerprint density at radius 3 is 2.62 bits per heavy atom. The van der Waals surface area contributed by atoms with E-state index in [1.807, 2.05) is 0 Å².